The molecule has 11 heteroatoms. The van der Waals surface area contributed by atoms with Gasteiger partial charge in [-0.15, -0.1) is 0 Å². The molecule has 2 amide bonds. The molecule has 0 saturated heterocycles. The third-order valence-corrected chi connectivity index (χ3v) is 10.3. The van der Waals surface area contributed by atoms with Gasteiger partial charge in [0.05, 0.1) is 10.6 Å². The van der Waals surface area contributed by atoms with Crippen molar-refractivity contribution in [1.82, 2.24) is 10.2 Å². The Bertz CT molecular complexity index is 1790. The second-order valence-electron chi connectivity index (χ2n) is 11.0. The van der Waals surface area contributed by atoms with Crippen molar-refractivity contribution >= 4 is 62.3 Å². The Morgan fingerprint density at radius 3 is 2.17 bits per heavy atom. The van der Waals surface area contributed by atoms with Crippen LogP contribution in [0, 0.1) is 13.8 Å². The minimum absolute atomic E-state index is 0.0106. The fourth-order valence-corrected chi connectivity index (χ4v) is 6.91. The first kappa shape index (κ1) is 35.3. The maximum absolute atomic E-state index is 14.5. The predicted octanol–water partition coefficient (Wildman–Crippen LogP) is 7.63. The zero-order valence-electron chi connectivity index (χ0n) is 25.8. The Balaban J connectivity index is 1.83. The fraction of sp³-hybridized carbons (Fsp3) is 0.257. The molecule has 0 saturated carbocycles. The predicted molar refractivity (Wildman–Crippen MR) is 186 cm³/mol. The number of hydrogen-bond acceptors (Lipinski definition) is 4. The lowest BCUT2D eigenvalue weighted by atomic mass is 10.0. The lowest BCUT2D eigenvalue weighted by molar-refractivity contribution is -0.140. The summed E-state index contributed by atoms with van der Waals surface area (Å²) in [5, 5.41) is 4.00. The summed E-state index contributed by atoms with van der Waals surface area (Å²) in [6.45, 7) is 5.32. The summed E-state index contributed by atoms with van der Waals surface area (Å²) in [5.41, 5.74) is 3.22. The summed E-state index contributed by atoms with van der Waals surface area (Å²) in [7, 11) is -4.25. The highest BCUT2D eigenvalue weighted by Gasteiger charge is 2.35. The van der Waals surface area contributed by atoms with Crippen LogP contribution in [-0.2, 0) is 32.6 Å². The smallest absolute Gasteiger partial charge is 0.264 e. The molecule has 1 N–H and O–H groups in total. The zero-order valence-corrected chi connectivity index (χ0v) is 28.9. The second-order valence-corrected chi connectivity index (χ2v) is 14.1. The molecule has 0 aliphatic carbocycles. The van der Waals surface area contributed by atoms with Crippen LogP contribution in [0.5, 0.6) is 0 Å². The molecule has 0 aliphatic rings. The summed E-state index contributed by atoms with van der Waals surface area (Å²) in [4.78, 5) is 29.7. The van der Waals surface area contributed by atoms with E-state index in [1.807, 2.05) is 44.2 Å². The number of nitrogens with zero attached hydrogens (tertiary/aromatic N) is 2. The molecule has 4 aromatic rings. The van der Waals surface area contributed by atoms with Gasteiger partial charge >= 0.3 is 0 Å². The Hall–Kier alpha value is -3.56. The highest BCUT2D eigenvalue weighted by atomic mass is 35.5. The first-order valence-electron chi connectivity index (χ1n) is 14.8. The number of sulfonamides is 1. The van der Waals surface area contributed by atoms with E-state index < -0.39 is 28.5 Å². The van der Waals surface area contributed by atoms with Crippen LogP contribution in [0.1, 0.15) is 35.6 Å². The maximum Gasteiger partial charge on any atom is 0.264 e. The summed E-state index contributed by atoms with van der Waals surface area (Å²) in [6.07, 6.45) is 0.881. The lowest BCUT2D eigenvalue weighted by Gasteiger charge is -2.34. The molecule has 0 aromatic heterocycles. The van der Waals surface area contributed by atoms with Crippen molar-refractivity contribution < 1.29 is 18.0 Å². The number of nitrogens with one attached hydrogen (secondary N) is 1. The van der Waals surface area contributed by atoms with Crippen molar-refractivity contribution in [3.63, 3.8) is 0 Å². The number of hydrogen-bond donors (Lipinski definition) is 1. The van der Waals surface area contributed by atoms with Crippen LogP contribution in [0.2, 0.25) is 15.1 Å². The van der Waals surface area contributed by atoms with Gasteiger partial charge in [-0.25, -0.2) is 8.42 Å². The molecule has 4 aromatic carbocycles. The van der Waals surface area contributed by atoms with Crippen molar-refractivity contribution in [3.05, 3.63) is 128 Å². The summed E-state index contributed by atoms with van der Waals surface area (Å²) in [5.74, 6) is -0.971. The van der Waals surface area contributed by atoms with E-state index >= 15 is 0 Å². The number of anilines is 1. The summed E-state index contributed by atoms with van der Waals surface area (Å²) in [6, 6.07) is 24.5. The molecule has 0 unspecified atom stereocenters. The highest BCUT2D eigenvalue weighted by molar-refractivity contribution is 7.92. The van der Waals surface area contributed by atoms with Crippen LogP contribution >= 0.6 is 34.8 Å². The first-order valence-corrected chi connectivity index (χ1v) is 17.4. The van der Waals surface area contributed by atoms with Crippen LogP contribution in [0.3, 0.4) is 0 Å². The third kappa shape index (κ3) is 8.82. The number of carbonyl (C=O) groups is 2. The average Bonchev–Trinajstić information content (AvgIpc) is 3.03. The quantitative estimate of drug-likeness (QED) is 0.156. The standard InChI is InChI=1S/C35H36Cl3N3O4S/c1-4-18-39-35(43)33(19-26-8-6-5-7-9-26)40(22-27-13-14-28(36)20-32(27)38)34(42)23-41(29-15-12-25(3)31(37)21-29)46(44,45)30-16-10-24(2)11-17-30/h5-17,20-21,33H,4,18-19,22-23H2,1-3H3,(H,39,43)/t33-/m1/s1. The number of halogens is 3. The molecule has 1 atom stereocenters. The van der Waals surface area contributed by atoms with Gasteiger partial charge < -0.3 is 10.2 Å². The average molecular weight is 701 g/mol. The Kier molecular flexibility index (Phi) is 12.1. The molecule has 0 bridgehead atoms. The van der Waals surface area contributed by atoms with Gasteiger partial charge in [0.1, 0.15) is 12.6 Å². The molecule has 0 heterocycles. The van der Waals surface area contributed by atoms with Gasteiger partial charge in [0, 0.05) is 34.6 Å². The Morgan fingerprint density at radius 2 is 1.54 bits per heavy atom. The highest BCUT2D eigenvalue weighted by Crippen LogP contribution is 2.30. The van der Waals surface area contributed by atoms with Gasteiger partial charge in [-0.3, -0.25) is 13.9 Å². The molecule has 0 spiro atoms. The van der Waals surface area contributed by atoms with Crippen molar-refractivity contribution in [2.24, 2.45) is 0 Å². The number of amides is 2. The van der Waals surface area contributed by atoms with Gasteiger partial charge in [0.25, 0.3) is 10.0 Å². The van der Waals surface area contributed by atoms with Crippen molar-refractivity contribution in [3.8, 4) is 0 Å². The Labute approximate surface area is 286 Å². The zero-order chi connectivity index (χ0) is 33.4. The minimum Gasteiger partial charge on any atom is -0.354 e. The normalized spacial score (nSPS) is 12.0. The van der Waals surface area contributed by atoms with Gasteiger partial charge in [-0.05, 0) is 73.4 Å². The van der Waals surface area contributed by atoms with Gasteiger partial charge in [0.15, 0.2) is 0 Å². The maximum atomic E-state index is 14.5. The van der Waals surface area contributed by atoms with E-state index in [1.54, 1.807) is 49.4 Å². The molecule has 0 radical (unpaired) electrons. The van der Waals surface area contributed by atoms with Gasteiger partial charge in [-0.2, -0.15) is 0 Å². The van der Waals surface area contributed by atoms with E-state index in [9.17, 15) is 18.0 Å². The van der Waals surface area contributed by atoms with Gasteiger partial charge in [-0.1, -0.05) is 102 Å². The van der Waals surface area contributed by atoms with Crippen LogP contribution in [0.15, 0.2) is 95.9 Å². The molecule has 7 nitrogen and oxygen atoms in total. The fourth-order valence-electron chi connectivity index (χ4n) is 4.86. The number of aryl methyl sites for hydroxylation is 2. The van der Waals surface area contributed by atoms with E-state index in [4.69, 9.17) is 34.8 Å². The van der Waals surface area contributed by atoms with Crippen molar-refractivity contribution in [2.45, 2.75) is 51.1 Å². The topological polar surface area (TPSA) is 86.8 Å². The SMILES string of the molecule is CCCNC(=O)[C@@H](Cc1ccccc1)N(Cc1ccc(Cl)cc1Cl)C(=O)CN(c1ccc(C)c(Cl)c1)S(=O)(=O)c1ccc(C)cc1. The number of benzene rings is 4. The van der Waals surface area contributed by atoms with Crippen molar-refractivity contribution in [1.29, 1.82) is 0 Å². The summed E-state index contributed by atoms with van der Waals surface area (Å²) < 4.78 is 29.4. The first-order chi connectivity index (χ1) is 21.9. The summed E-state index contributed by atoms with van der Waals surface area (Å²) >= 11 is 19.2. The lowest BCUT2D eigenvalue weighted by Crippen LogP contribution is -2.53. The monoisotopic (exact) mass is 699 g/mol. The molecule has 46 heavy (non-hydrogen) atoms. The number of rotatable bonds is 13. The minimum atomic E-state index is -4.25. The van der Waals surface area contributed by atoms with Crippen LogP contribution in [0.4, 0.5) is 5.69 Å². The van der Waals surface area contributed by atoms with E-state index in [1.165, 1.54) is 23.1 Å². The third-order valence-electron chi connectivity index (χ3n) is 7.51. The van der Waals surface area contributed by atoms with E-state index in [0.717, 1.165) is 21.0 Å². The van der Waals surface area contributed by atoms with Gasteiger partial charge in [0.2, 0.25) is 11.8 Å². The molecule has 4 rings (SSSR count). The molecule has 0 fully saturated rings. The largest absolute Gasteiger partial charge is 0.354 e. The van der Waals surface area contributed by atoms with E-state index in [-0.39, 0.29) is 29.5 Å². The van der Waals surface area contributed by atoms with E-state index in [2.05, 4.69) is 5.32 Å². The number of carbonyl (C=O) groups excluding carboxylic acids is 2. The van der Waals surface area contributed by atoms with Crippen LogP contribution in [-0.4, -0.2) is 44.3 Å². The second kappa shape index (κ2) is 15.8. The molecular formula is C35H36Cl3N3O4S. The van der Waals surface area contributed by atoms with Crippen molar-refractivity contribution in [2.75, 3.05) is 17.4 Å². The molecule has 0 aliphatic heterocycles. The molecular weight excluding hydrogens is 665 g/mol. The van der Waals surface area contributed by atoms with Crippen LogP contribution < -0.4 is 9.62 Å². The van der Waals surface area contributed by atoms with E-state index in [0.29, 0.717) is 33.6 Å². The van der Waals surface area contributed by atoms with Crippen LogP contribution in [0.25, 0.3) is 0 Å². The molecule has 242 valence electrons. The Morgan fingerprint density at radius 1 is 0.848 bits per heavy atom.